The Bertz CT molecular complexity index is 977. The van der Waals surface area contributed by atoms with Crippen molar-refractivity contribution in [2.24, 2.45) is 0 Å². The second kappa shape index (κ2) is 6.41. The average molecular weight is 347 g/mol. The predicted molar refractivity (Wildman–Crippen MR) is 100 cm³/mol. The smallest absolute Gasteiger partial charge is 0.257 e. The lowest BCUT2D eigenvalue weighted by Crippen LogP contribution is -2.25. The van der Waals surface area contributed by atoms with Crippen LogP contribution in [0.25, 0.3) is 11.5 Å². The zero-order chi connectivity index (χ0) is 18.3. The number of carbonyl (C=O) groups excluding carboxylic acids is 1. The Morgan fingerprint density at radius 3 is 2.65 bits per heavy atom. The van der Waals surface area contributed by atoms with E-state index in [0.717, 1.165) is 22.4 Å². The van der Waals surface area contributed by atoms with Gasteiger partial charge in [0.25, 0.3) is 5.89 Å². The van der Waals surface area contributed by atoms with Crippen LogP contribution in [0, 0.1) is 20.8 Å². The van der Waals surface area contributed by atoms with E-state index < -0.39 is 0 Å². The number of hydrogen-bond donors (Lipinski definition) is 0. The minimum atomic E-state index is -0.0505. The molecule has 0 N–H and O–H groups in total. The van der Waals surface area contributed by atoms with Crippen LogP contribution in [-0.2, 0) is 4.79 Å². The number of aryl methyl sites for hydroxylation is 3. The van der Waals surface area contributed by atoms with Gasteiger partial charge in [-0.2, -0.15) is 4.98 Å². The monoisotopic (exact) mass is 347 g/mol. The number of carbonyl (C=O) groups is 1. The van der Waals surface area contributed by atoms with E-state index in [1.807, 2.05) is 55.1 Å². The predicted octanol–water partition coefficient (Wildman–Crippen LogP) is 4.18. The van der Waals surface area contributed by atoms with Gasteiger partial charge in [-0.15, -0.1) is 0 Å². The highest BCUT2D eigenvalue weighted by atomic mass is 16.5. The number of anilines is 1. The Hall–Kier alpha value is -2.95. The van der Waals surface area contributed by atoms with Gasteiger partial charge < -0.3 is 9.42 Å². The summed E-state index contributed by atoms with van der Waals surface area (Å²) in [5, 5.41) is 4.14. The fourth-order valence-electron chi connectivity index (χ4n) is 3.52. The molecule has 132 valence electrons. The van der Waals surface area contributed by atoms with E-state index in [9.17, 15) is 4.79 Å². The van der Waals surface area contributed by atoms with Crippen molar-refractivity contribution < 1.29 is 9.32 Å². The minimum Gasteiger partial charge on any atom is -0.334 e. The van der Waals surface area contributed by atoms with Gasteiger partial charge in [0.2, 0.25) is 5.91 Å². The Labute approximate surface area is 152 Å². The summed E-state index contributed by atoms with van der Waals surface area (Å²) in [7, 11) is 0. The van der Waals surface area contributed by atoms with Crippen molar-refractivity contribution in [3.63, 3.8) is 0 Å². The molecule has 1 atom stereocenters. The molecule has 4 rings (SSSR count). The second-order valence-corrected chi connectivity index (χ2v) is 7.02. The molecular formula is C21H21N3O2. The second-order valence-electron chi connectivity index (χ2n) is 7.02. The van der Waals surface area contributed by atoms with E-state index in [0.29, 0.717) is 24.7 Å². The van der Waals surface area contributed by atoms with Crippen molar-refractivity contribution in [2.45, 2.75) is 33.1 Å². The Kier molecular flexibility index (Phi) is 4.07. The van der Waals surface area contributed by atoms with Gasteiger partial charge in [0.05, 0.1) is 0 Å². The summed E-state index contributed by atoms with van der Waals surface area (Å²) in [4.78, 5) is 18.9. The molecule has 1 unspecified atom stereocenters. The molecule has 0 saturated carbocycles. The van der Waals surface area contributed by atoms with Crippen molar-refractivity contribution in [2.75, 3.05) is 11.4 Å². The first-order valence-electron chi connectivity index (χ1n) is 8.79. The average Bonchev–Trinajstić information content (AvgIpc) is 3.22. The van der Waals surface area contributed by atoms with Crippen LogP contribution in [-0.4, -0.2) is 22.6 Å². The Balaban J connectivity index is 1.58. The van der Waals surface area contributed by atoms with Gasteiger partial charge in [-0.1, -0.05) is 40.5 Å². The molecule has 0 aliphatic carbocycles. The van der Waals surface area contributed by atoms with Gasteiger partial charge in [0, 0.05) is 30.1 Å². The van der Waals surface area contributed by atoms with E-state index in [1.54, 1.807) is 0 Å². The summed E-state index contributed by atoms with van der Waals surface area (Å²) < 4.78 is 5.44. The van der Waals surface area contributed by atoms with E-state index in [1.165, 1.54) is 5.56 Å². The first kappa shape index (κ1) is 16.5. The number of rotatable bonds is 3. The standard InChI is InChI=1S/C21H21N3O2/c1-13-5-4-6-16(10-13)21-22-20(23-26-21)17-11-19(25)24(12-17)18-8-7-14(2)9-15(18)3/h4-10,17H,11-12H2,1-3H3. The lowest BCUT2D eigenvalue weighted by Gasteiger charge is -2.19. The molecule has 5 nitrogen and oxygen atoms in total. The van der Waals surface area contributed by atoms with Crippen LogP contribution in [0.3, 0.4) is 0 Å². The van der Waals surface area contributed by atoms with Gasteiger partial charge >= 0.3 is 0 Å². The molecule has 26 heavy (non-hydrogen) atoms. The Morgan fingerprint density at radius 1 is 1.08 bits per heavy atom. The van der Waals surface area contributed by atoms with E-state index in [4.69, 9.17) is 4.52 Å². The van der Waals surface area contributed by atoms with Crippen LogP contribution < -0.4 is 4.90 Å². The number of benzene rings is 2. The fourth-order valence-corrected chi connectivity index (χ4v) is 3.52. The van der Waals surface area contributed by atoms with Crippen LogP contribution >= 0.6 is 0 Å². The molecule has 0 bridgehead atoms. The highest BCUT2D eigenvalue weighted by molar-refractivity contribution is 5.97. The molecular weight excluding hydrogens is 326 g/mol. The molecule has 2 heterocycles. The quantitative estimate of drug-likeness (QED) is 0.713. The Morgan fingerprint density at radius 2 is 1.88 bits per heavy atom. The number of amides is 1. The summed E-state index contributed by atoms with van der Waals surface area (Å²) in [5.41, 5.74) is 5.30. The molecule has 0 radical (unpaired) electrons. The van der Waals surface area contributed by atoms with E-state index >= 15 is 0 Å². The van der Waals surface area contributed by atoms with Crippen LogP contribution in [0.1, 0.15) is 34.9 Å². The van der Waals surface area contributed by atoms with Gasteiger partial charge in [0.1, 0.15) is 0 Å². The molecule has 1 saturated heterocycles. The van der Waals surface area contributed by atoms with Gasteiger partial charge in [-0.05, 0) is 44.5 Å². The molecule has 5 heteroatoms. The summed E-state index contributed by atoms with van der Waals surface area (Å²) in [5.74, 6) is 1.15. The van der Waals surface area contributed by atoms with Crippen molar-refractivity contribution in [3.05, 3.63) is 65.0 Å². The van der Waals surface area contributed by atoms with Crippen LogP contribution in [0.5, 0.6) is 0 Å². The lowest BCUT2D eigenvalue weighted by atomic mass is 10.1. The molecule has 3 aromatic rings. The zero-order valence-electron chi connectivity index (χ0n) is 15.2. The SMILES string of the molecule is Cc1cccc(-c2nc(C3CC(=O)N(c4ccc(C)cc4C)C3)no2)c1. The summed E-state index contributed by atoms with van der Waals surface area (Å²) in [6.07, 6.45) is 0.403. The largest absolute Gasteiger partial charge is 0.334 e. The molecule has 1 amide bonds. The van der Waals surface area contributed by atoms with Crippen LogP contribution in [0.4, 0.5) is 5.69 Å². The summed E-state index contributed by atoms with van der Waals surface area (Å²) in [6, 6.07) is 14.1. The maximum Gasteiger partial charge on any atom is 0.257 e. The van der Waals surface area contributed by atoms with Gasteiger partial charge in [-0.25, -0.2) is 0 Å². The lowest BCUT2D eigenvalue weighted by molar-refractivity contribution is -0.117. The maximum absolute atomic E-state index is 12.6. The summed E-state index contributed by atoms with van der Waals surface area (Å²) >= 11 is 0. The molecule has 2 aromatic carbocycles. The van der Waals surface area contributed by atoms with Gasteiger partial charge in [0.15, 0.2) is 5.82 Å². The molecule has 1 aliphatic rings. The van der Waals surface area contributed by atoms with Crippen molar-refractivity contribution in [1.82, 2.24) is 10.1 Å². The third-order valence-electron chi connectivity index (χ3n) is 4.84. The molecule has 0 spiro atoms. The topological polar surface area (TPSA) is 59.2 Å². The molecule has 1 aliphatic heterocycles. The van der Waals surface area contributed by atoms with Gasteiger partial charge in [-0.3, -0.25) is 4.79 Å². The van der Waals surface area contributed by atoms with Crippen LogP contribution in [0.2, 0.25) is 0 Å². The highest BCUT2D eigenvalue weighted by Gasteiger charge is 2.35. The first-order valence-corrected chi connectivity index (χ1v) is 8.79. The normalized spacial score (nSPS) is 17.1. The molecule has 1 fully saturated rings. The maximum atomic E-state index is 12.6. The van der Waals surface area contributed by atoms with Crippen LogP contribution in [0.15, 0.2) is 47.0 Å². The fraction of sp³-hybridized carbons (Fsp3) is 0.286. The first-order chi connectivity index (χ1) is 12.5. The third kappa shape index (κ3) is 3.01. The van der Waals surface area contributed by atoms with E-state index in [-0.39, 0.29) is 11.8 Å². The number of hydrogen-bond acceptors (Lipinski definition) is 4. The van der Waals surface area contributed by atoms with Crippen molar-refractivity contribution in [3.8, 4) is 11.5 Å². The number of nitrogens with zero attached hydrogens (tertiary/aromatic N) is 3. The number of aromatic nitrogens is 2. The zero-order valence-corrected chi connectivity index (χ0v) is 15.2. The highest BCUT2D eigenvalue weighted by Crippen LogP contribution is 2.33. The molecule has 1 aromatic heterocycles. The summed E-state index contributed by atoms with van der Waals surface area (Å²) in [6.45, 7) is 6.69. The van der Waals surface area contributed by atoms with E-state index in [2.05, 4.69) is 23.1 Å². The third-order valence-corrected chi connectivity index (χ3v) is 4.84. The van der Waals surface area contributed by atoms with Crippen molar-refractivity contribution >= 4 is 11.6 Å². The minimum absolute atomic E-state index is 0.0505. The van der Waals surface area contributed by atoms with Crippen molar-refractivity contribution in [1.29, 1.82) is 0 Å².